The van der Waals surface area contributed by atoms with Crippen LogP contribution in [-0.4, -0.2) is 20.5 Å². The highest BCUT2D eigenvalue weighted by Crippen LogP contribution is 2.23. The third-order valence-electron chi connectivity index (χ3n) is 2.87. The lowest BCUT2D eigenvalue weighted by atomic mass is 10.1. The minimum Gasteiger partial charge on any atom is -0.491 e. The van der Waals surface area contributed by atoms with E-state index >= 15 is 0 Å². The molecule has 0 atom stereocenters. The molecule has 0 spiro atoms. The van der Waals surface area contributed by atoms with E-state index in [1.807, 2.05) is 48.7 Å². The van der Waals surface area contributed by atoms with Crippen LogP contribution in [-0.2, 0) is 0 Å². The summed E-state index contributed by atoms with van der Waals surface area (Å²) in [7, 11) is 0. The summed E-state index contributed by atoms with van der Waals surface area (Å²) in [6.07, 6.45) is 5.67. The Kier molecular flexibility index (Phi) is 3.44. The molecule has 3 aromatic rings. The van der Waals surface area contributed by atoms with Crippen molar-refractivity contribution >= 4 is 21.6 Å². The summed E-state index contributed by atoms with van der Waals surface area (Å²) >= 11 is 3.46. The molecule has 0 fully saturated rings. The molecule has 102 valence electrons. The Morgan fingerprint density at radius 2 is 1.85 bits per heavy atom. The van der Waals surface area contributed by atoms with Crippen molar-refractivity contribution in [1.29, 1.82) is 0 Å². The molecule has 3 rings (SSSR count). The van der Waals surface area contributed by atoms with E-state index in [4.69, 9.17) is 4.74 Å². The number of fused-ring (bicyclic) bond motifs is 1. The standard InChI is InChI=1S/C15H14BrN3O/c1-10(2)20-12-5-3-11(4-6-12)13-9-19-14(16)7-18-15(19)8-17-13/h3-10H,1-2H3. The van der Waals surface area contributed by atoms with Crippen LogP contribution in [0.5, 0.6) is 5.75 Å². The number of nitrogens with zero attached hydrogens (tertiary/aromatic N) is 3. The highest BCUT2D eigenvalue weighted by atomic mass is 79.9. The Labute approximate surface area is 125 Å². The molecule has 4 nitrogen and oxygen atoms in total. The number of benzene rings is 1. The fraction of sp³-hybridized carbons (Fsp3) is 0.200. The normalized spacial score (nSPS) is 11.2. The molecule has 0 aliphatic rings. The Bertz CT molecular complexity index is 734. The molecule has 0 saturated carbocycles. The average molecular weight is 332 g/mol. The summed E-state index contributed by atoms with van der Waals surface area (Å²) in [4.78, 5) is 8.67. The van der Waals surface area contributed by atoms with E-state index in [0.717, 1.165) is 27.3 Å². The van der Waals surface area contributed by atoms with Crippen molar-refractivity contribution in [3.05, 3.63) is 47.5 Å². The van der Waals surface area contributed by atoms with Gasteiger partial charge in [0, 0.05) is 11.8 Å². The zero-order chi connectivity index (χ0) is 14.1. The van der Waals surface area contributed by atoms with Gasteiger partial charge in [0.1, 0.15) is 10.4 Å². The first-order valence-electron chi connectivity index (χ1n) is 6.39. The molecule has 0 saturated heterocycles. The van der Waals surface area contributed by atoms with E-state index in [-0.39, 0.29) is 6.10 Å². The molecule has 0 bridgehead atoms. The predicted molar refractivity (Wildman–Crippen MR) is 81.9 cm³/mol. The van der Waals surface area contributed by atoms with Crippen LogP contribution in [0.4, 0.5) is 0 Å². The zero-order valence-electron chi connectivity index (χ0n) is 11.2. The Morgan fingerprint density at radius 3 is 2.55 bits per heavy atom. The van der Waals surface area contributed by atoms with Gasteiger partial charge in [0.25, 0.3) is 0 Å². The summed E-state index contributed by atoms with van der Waals surface area (Å²) in [6, 6.07) is 7.95. The van der Waals surface area contributed by atoms with Crippen molar-refractivity contribution in [1.82, 2.24) is 14.4 Å². The number of halogens is 1. The third-order valence-corrected chi connectivity index (χ3v) is 3.46. The van der Waals surface area contributed by atoms with Gasteiger partial charge in [-0.1, -0.05) is 0 Å². The first-order valence-corrected chi connectivity index (χ1v) is 7.18. The zero-order valence-corrected chi connectivity index (χ0v) is 12.8. The molecule has 0 aliphatic heterocycles. The van der Waals surface area contributed by atoms with Crippen molar-refractivity contribution in [3.8, 4) is 17.0 Å². The van der Waals surface area contributed by atoms with Crippen molar-refractivity contribution < 1.29 is 4.74 Å². The van der Waals surface area contributed by atoms with E-state index in [9.17, 15) is 0 Å². The van der Waals surface area contributed by atoms with Crippen LogP contribution in [0.1, 0.15) is 13.8 Å². The van der Waals surface area contributed by atoms with Crippen LogP contribution in [0.15, 0.2) is 47.5 Å². The Morgan fingerprint density at radius 1 is 1.10 bits per heavy atom. The predicted octanol–water partition coefficient (Wildman–Crippen LogP) is 3.95. The molecule has 5 heteroatoms. The maximum atomic E-state index is 5.64. The summed E-state index contributed by atoms with van der Waals surface area (Å²) in [5.41, 5.74) is 2.76. The summed E-state index contributed by atoms with van der Waals surface area (Å²) in [5, 5.41) is 0. The fourth-order valence-electron chi connectivity index (χ4n) is 1.98. The van der Waals surface area contributed by atoms with Gasteiger partial charge in [-0.3, -0.25) is 9.38 Å². The van der Waals surface area contributed by atoms with Crippen LogP contribution in [0.25, 0.3) is 16.9 Å². The minimum absolute atomic E-state index is 0.178. The molecule has 0 unspecified atom stereocenters. The van der Waals surface area contributed by atoms with Crippen molar-refractivity contribution in [2.75, 3.05) is 0 Å². The molecule has 2 aromatic heterocycles. The SMILES string of the molecule is CC(C)Oc1ccc(-c2cn3c(Br)cnc3cn2)cc1. The van der Waals surface area contributed by atoms with Gasteiger partial charge in [0.15, 0.2) is 5.65 Å². The van der Waals surface area contributed by atoms with Crippen LogP contribution in [0, 0.1) is 0 Å². The molecule has 1 aromatic carbocycles. The van der Waals surface area contributed by atoms with Crippen molar-refractivity contribution in [2.24, 2.45) is 0 Å². The van der Waals surface area contributed by atoms with E-state index in [1.165, 1.54) is 0 Å². The maximum absolute atomic E-state index is 5.64. The summed E-state index contributed by atoms with van der Waals surface area (Å²) < 4.78 is 8.51. The van der Waals surface area contributed by atoms with Gasteiger partial charge < -0.3 is 4.74 Å². The number of hydrogen-bond acceptors (Lipinski definition) is 3. The largest absolute Gasteiger partial charge is 0.491 e. The van der Waals surface area contributed by atoms with Crippen LogP contribution < -0.4 is 4.74 Å². The highest BCUT2D eigenvalue weighted by Gasteiger charge is 2.05. The first-order chi connectivity index (χ1) is 9.63. The Hall–Kier alpha value is -1.88. The lowest BCUT2D eigenvalue weighted by molar-refractivity contribution is 0.242. The fourth-order valence-corrected chi connectivity index (χ4v) is 2.37. The van der Waals surface area contributed by atoms with Gasteiger partial charge in [0.05, 0.1) is 24.2 Å². The number of rotatable bonds is 3. The van der Waals surface area contributed by atoms with Gasteiger partial charge >= 0.3 is 0 Å². The van der Waals surface area contributed by atoms with E-state index < -0.39 is 0 Å². The molecule has 2 heterocycles. The van der Waals surface area contributed by atoms with Gasteiger partial charge in [-0.15, -0.1) is 0 Å². The monoisotopic (exact) mass is 331 g/mol. The van der Waals surface area contributed by atoms with E-state index in [1.54, 1.807) is 12.4 Å². The molecule has 0 aliphatic carbocycles. The van der Waals surface area contributed by atoms with Gasteiger partial charge in [-0.25, -0.2) is 4.98 Å². The number of imidazole rings is 1. The highest BCUT2D eigenvalue weighted by molar-refractivity contribution is 9.10. The smallest absolute Gasteiger partial charge is 0.156 e. The molecule has 0 amide bonds. The lowest BCUT2D eigenvalue weighted by Crippen LogP contribution is -2.05. The topological polar surface area (TPSA) is 39.4 Å². The van der Waals surface area contributed by atoms with Gasteiger partial charge in [-0.2, -0.15) is 0 Å². The number of ether oxygens (including phenoxy) is 1. The third kappa shape index (κ3) is 2.54. The number of hydrogen-bond donors (Lipinski definition) is 0. The second kappa shape index (κ2) is 5.25. The van der Waals surface area contributed by atoms with Gasteiger partial charge in [0.2, 0.25) is 0 Å². The van der Waals surface area contributed by atoms with Crippen LogP contribution in [0.3, 0.4) is 0 Å². The summed E-state index contributed by atoms with van der Waals surface area (Å²) in [6.45, 7) is 4.03. The van der Waals surface area contributed by atoms with E-state index in [0.29, 0.717) is 0 Å². The average Bonchev–Trinajstić information content (AvgIpc) is 2.80. The lowest BCUT2D eigenvalue weighted by Gasteiger charge is -2.10. The molecular formula is C15H14BrN3O. The quantitative estimate of drug-likeness (QED) is 0.729. The Balaban J connectivity index is 1.95. The summed E-state index contributed by atoms with van der Waals surface area (Å²) in [5.74, 6) is 0.869. The van der Waals surface area contributed by atoms with E-state index in [2.05, 4.69) is 25.9 Å². The maximum Gasteiger partial charge on any atom is 0.156 e. The molecule has 0 radical (unpaired) electrons. The second-order valence-corrected chi connectivity index (χ2v) is 5.59. The van der Waals surface area contributed by atoms with Crippen LogP contribution >= 0.6 is 15.9 Å². The second-order valence-electron chi connectivity index (χ2n) is 4.77. The molecular weight excluding hydrogens is 318 g/mol. The molecule has 0 N–H and O–H groups in total. The van der Waals surface area contributed by atoms with Gasteiger partial charge in [-0.05, 0) is 54.0 Å². The van der Waals surface area contributed by atoms with Crippen LogP contribution in [0.2, 0.25) is 0 Å². The molecule has 20 heavy (non-hydrogen) atoms. The first kappa shape index (κ1) is 13.1. The van der Waals surface area contributed by atoms with Crippen molar-refractivity contribution in [3.63, 3.8) is 0 Å². The van der Waals surface area contributed by atoms with Crippen molar-refractivity contribution in [2.45, 2.75) is 20.0 Å². The minimum atomic E-state index is 0.178. The number of aromatic nitrogens is 3.